The Kier molecular flexibility index (Phi) is 4.66. The smallest absolute Gasteiger partial charge is 0.264 e. The molecule has 1 fully saturated rings. The van der Waals surface area contributed by atoms with Crippen molar-refractivity contribution in [2.24, 2.45) is 5.73 Å². The molecule has 1 aromatic carbocycles. The third-order valence-corrected chi connectivity index (χ3v) is 4.82. The van der Waals surface area contributed by atoms with Gasteiger partial charge < -0.3 is 15.0 Å². The van der Waals surface area contributed by atoms with E-state index in [0.29, 0.717) is 17.6 Å². The Morgan fingerprint density at radius 1 is 1.30 bits per heavy atom. The fourth-order valence-electron chi connectivity index (χ4n) is 3.12. The van der Waals surface area contributed by atoms with E-state index in [9.17, 15) is 0 Å². The topological polar surface area (TPSA) is 74.2 Å². The number of hydrogen-bond donors (Lipinski definition) is 1. The molecule has 5 nitrogen and oxygen atoms in total. The summed E-state index contributed by atoms with van der Waals surface area (Å²) in [5, 5.41) is 4.06. The Morgan fingerprint density at radius 2 is 2.04 bits per heavy atom. The normalized spacial score (nSPS) is 18.0. The van der Waals surface area contributed by atoms with Crippen molar-refractivity contribution in [2.75, 3.05) is 0 Å². The molecule has 0 spiro atoms. The molecule has 1 unspecified atom stereocenters. The SMILES string of the molecule is CCC(C)c1ccccc1OCc1nc(C2(N)CCCC2)no1. The first kappa shape index (κ1) is 16.0. The summed E-state index contributed by atoms with van der Waals surface area (Å²) in [4.78, 5) is 4.45. The van der Waals surface area contributed by atoms with Crippen molar-refractivity contribution in [2.45, 2.75) is 64.0 Å². The summed E-state index contributed by atoms with van der Waals surface area (Å²) in [6.07, 6.45) is 5.16. The van der Waals surface area contributed by atoms with E-state index in [4.69, 9.17) is 15.0 Å². The molecule has 1 aromatic heterocycles. The van der Waals surface area contributed by atoms with Crippen molar-refractivity contribution in [1.82, 2.24) is 10.1 Å². The maximum atomic E-state index is 6.36. The fourth-order valence-corrected chi connectivity index (χ4v) is 3.12. The van der Waals surface area contributed by atoms with Gasteiger partial charge in [0.15, 0.2) is 12.4 Å². The molecule has 5 heteroatoms. The van der Waals surface area contributed by atoms with E-state index in [-0.39, 0.29) is 6.61 Å². The summed E-state index contributed by atoms with van der Waals surface area (Å²) in [5.41, 5.74) is 7.15. The summed E-state index contributed by atoms with van der Waals surface area (Å²) in [6.45, 7) is 4.65. The van der Waals surface area contributed by atoms with Gasteiger partial charge in [-0.25, -0.2) is 0 Å². The van der Waals surface area contributed by atoms with Gasteiger partial charge in [-0.15, -0.1) is 0 Å². The molecule has 1 heterocycles. The van der Waals surface area contributed by atoms with Gasteiger partial charge in [-0.05, 0) is 36.8 Å². The molecule has 2 aromatic rings. The molecular formula is C18H25N3O2. The average Bonchev–Trinajstić information content (AvgIpc) is 3.22. The molecule has 0 radical (unpaired) electrons. The molecule has 0 bridgehead atoms. The Morgan fingerprint density at radius 3 is 2.78 bits per heavy atom. The number of nitrogens with two attached hydrogens (primary N) is 1. The van der Waals surface area contributed by atoms with Crippen LogP contribution in [0.15, 0.2) is 28.8 Å². The van der Waals surface area contributed by atoms with Crippen molar-refractivity contribution in [3.63, 3.8) is 0 Å². The minimum absolute atomic E-state index is 0.274. The predicted molar refractivity (Wildman–Crippen MR) is 88.1 cm³/mol. The minimum atomic E-state index is -0.420. The van der Waals surface area contributed by atoms with Crippen molar-refractivity contribution < 1.29 is 9.26 Å². The lowest BCUT2D eigenvalue weighted by Crippen LogP contribution is -2.34. The largest absolute Gasteiger partial charge is 0.483 e. The Bertz CT molecular complexity index is 647. The Balaban J connectivity index is 1.69. The van der Waals surface area contributed by atoms with Gasteiger partial charge in [0.05, 0.1) is 5.54 Å². The van der Waals surface area contributed by atoms with Gasteiger partial charge in [-0.1, -0.05) is 50.0 Å². The predicted octanol–water partition coefficient (Wildman–Crippen LogP) is 3.89. The van der Waals surface area contributed by atoms with Gasteiger partial charge in [-0.2, -0.15) is 4.98 Å². The Hall–Kier alpha value is -1.88. The number of rotatable bonds is 6. The van der Waals surface area contributed by atoms with E-state index in [0.717, 1.165) is 37.9 Å². The summed E-state index contributed by atoms with van der Waals surface area (Å²) in [7, 11) is 0. The molecule has 0 amide bonds. The van der Waals surface area contributed by atoms with E-state index in [1.807, 2.05) is 18.2 Å². The summed E-state index contributed by atoms with van der Waals surface area (Å²) < 4.78 is 11.2. The fraction of sp³-hybridized carbons (Fsp3) is 0.556. The standard InChI is InChI=1S/C18H25N3O2/c1-3-13(2)14-8-4-5-9-15(14)22-12-16-20-17(21-23-16)18(19)10-6-7-11-18/h4-5,8-9,13H,3,6-7,10-12,19H2,1-2H3. The van der Waals surface area contributed by atoms with Crippen LogP contribution >= 0.6 is 0 Å². The highest BCUT2D eigenvalue weighted by molar-refractivity contribution is 5.35. The Labute approximate surface area is 137 Å². The van der Waals surface area contributed by atoms with Gasteiger partial charge in [0.25, 0.3) is 5.89 Å². The van der Waals surface area contributed by atoms with Crippen molar-refractivity contribution in [3.8, 4) is 5.75 Å². The third-order valence-electron chi connectivity index (χ3n) is 4.82. The number of ether oxygens (including phenoxy) is 1. The summed E-state index contributed by atoms with van der Waals surface area (Å²) >= 11 is 0. The van der Waals surface area contributed by atoms with Crippen LogP contribution in [0.3, 0.4) is 0 Å². The van der Waals surface area contributed by atoms with Crippen LogP contribution in [0.25, 0.3) is 0 Å². The van der Waals surface area contributed by atoms with Crippen molar-refractivity contribution in [3.05, 3.63) is 41.5 Å². The molecule has 1 atom stereocenters. The average molecular weight is 315 g/mol. The van der Waals surface area contributed by atoms with Gasteiger partial charge in [0, 0.05) is 0 Å². The van der Waals surface area contributed by atoms with Crippen LogP contribution < -0.4 is 10.5 Å². The first-order valence-electron chi connectivity index (χ1n) is 8.46. The third kappa shape index (κ3) is 3.39. The van der Waals surface area contributed by atoms with E-state index in [1.54, 1.807) is 0 Å². The number of aromatic nitrogens is 2. The molecule has 23 heavy (non-hydrogen) atoms. The summed E-state index contributed by atoms with van der Waals surface area (Å²) in [6, 6.07) is 8.11. The van der Waals surface area contributed by atoms with Crippen LogP contribution in [0.4, 0.5) is 0 Å². The molecule has 0 saturated heterocycles. The highest BCUT2D eigenvalue weighted by atomic mass is 16.5. The lowest BCUT2D eigenvalue weighted by Gasteiger charge is -2.17. The maximum Gasteiger partial charge on any atom is 0.264 e. The number of para-hydroxylation sites is 1. The zero-order chi connectivity index (χ0) is 16.3. The van der Waals surface area contributed by atoms with Crippen LogP contribution in [-0.2, 0) is 12.1 Å². The van der Waals surface area contributed by atoms with Crippen LogP contribution in [0, 0.1) is 0 Å². The second-order valence-corrected chi connectivity index (χ2v) is 6.51. The molecule has 2 N–H and O–H groups in total. The second-order valence-electron chi connectivity index (χ2n) is 6.51. The van der Waals surface area contributed by atoms with Crippen molar-refractivity contribution in [1.29, 1.82) is 0 Å². The quantitative estimate of drug-likeness (QED) is 0.875. The molecular weight excluding hydrogens is 290 g/mol. The van der Waals surface area contributed by atoms with Crippen molar-refractivity contribution >= 4 is 0 Å². The molecule has 1 saturated carbocycles. The van der Waals surface area contributed by atoms with Gasteiger partial charge in [0.1, 0.15) is 5.75 Å². The van der Waals surface area contributed by atoms with Crippen LogP contribution in [0.2, 0.25) is 0 Å². The number of hydrogen-bond acceptors (Lipinski definition) is 5. The minimum Gasteiger partial charge on any atom is -0.483 e. The summed E-state index contributed by atoms with van der Waals surface area (Å²) in [5.74, 6) is 2.43. The second kappa shape index (κ2) is 6.71. The van der Waals surface area contributed by atoms with E-state index in [1.165, 1.54) is 5.56 Å². The zero-order valence-corrected chi connectivity index (χ0v) is 13.9. The number of nitrogens with zero attached hydrogens (tertiary/aromatic N) is 2. The van der Waals surface area contributed by atoms with Crippen LogP contribution in [-0.4, -0.2) is 10.1 Å². The van der Waals surface area contributed by atoms with E-state index < -0.39 is 5.54 Å². The molecule has 0 aliphatic heterocycles. The zero-order valence-electron chi connectivity index (χ0n) is 13.9. The molecule has 1 aliphatic carbocycles. The number of benzene rings is 1. The molecule has 3 rings (SSSR count). The van der Waals surface area contributed by atoms with Gasteiger partial charge in [-0.3, -0.25) is 0 Å². The molecule has 1 aliphatic rings. The maximum absolute atomic E-state index is 6.36. The van der Waals surface area contributed by atoms with Crippen LogP contribution in [0.5, 0.6) is 5.75 Å². The lowest BCUT2D eigenvalue weighted by molar-refractivity contribution is 0.239. The van der Waals surface area contributed by atoms with E-state index >= 15 is 0 Å². The first-order chi connectivity index (χ1) is 11.1. The molecule has 124 valence electrons. The highest BCUT2D eigenvalue weighted by Crippen LogP contribution is 2.34. The van der Waals surface area contributed by atoms with Gasteiger partial charge in [0.2, 0.25) is 0 Å². The van der Waals surface area contributed by atoms with E-state index in [2.05, 4.69) is 30.1 Å². The van der Waals surface area contributed by atoms with Gasteiger partial charge >= 0.3 is 0 Å². The highest BCUT2D eigenvalue weighted by Gasteiger charge is 2.36. The van der Waals surface area contributed by atoms with Crippen LogP contribution in [0.1, 0.15) is 69.1 Å². The lowest BCUT2D eigenvalue weighted by atomic mass is 9.98. The first-order valence-corrected chi connectivity index (χ1v) is 8.46. The monoisotopic (exact) mass is 315 g/mol.